The highest BCUT2D eigenvalue weighted by Crippen LogP contribution is 2.19. The van der Waals surface area contributed by atoms with Crippen LogP contribution in [0.3, 0.4) is 0 Å². The number of fused-ring (bicyclic) bond motifs is 1. The van der Waals surface area contributed by atoms with Gasteiger partial charge in [0.1, 0.15) is 12.8 Å². The SMILES string of the molecule is [C]1=NC=C2COC=C12. The van der Waals surface area contributed by atoms with E-state index in [4.69, 9.17) is 4.74 Å². The fourth-order valence-electron chi connectivity index (χ4n) is 0.753. The van der Waals surface area contributed by atoms with E-state index in [9.17, 15) is 0 Å². The lowest BCUT2D eigenvalue weighted by atomic mass is 10.2. The van der Waals surface area contributed by atoms with Gasteiger partial charge in [0.15, 0.2) is 0 Å². The highest BCUT2D eigenvalue weighted by molar-refractivity contribution is 5.88. The van der Waals surface area contributed by atoms with Crippen LogP contribution in [0.5, 0.6) is 0 Å². The van der Waals surface area contributed by atoms with Crippen molar-refractivity contribution < 1.29 is 4.74 Å². The van der Waals surface area contributed by atoms with Crippen molar-refractivity contribution in [1.82, 2.24) is 0 Å². The zero-order chi connectivity index (χ0) is 5.40. The largest absolute Gasteiger partial charge is 0.496 e. The summed E-state index contributed by atoms with van der Waals surface area (Å²) in [6.45, 7) is 0.672. The molecule has 39 valence electrons. The third kappa shape index (κ3) is 0.346. The van der Waals surface area contributed by atoms with Crippen LogP contribution in [-0.4, -0.2) is 12.8 Å². The molecule has 0 bridgehead atoms. The standard InChI is InChI=1S/C6H4NO/c1-5-3-8-4-6(5)2-7-1/h1,4H,3H2. The van der Waals surface area contributed by atoms with Crippen LogP contribution in [0.2, 0.25) is 0 Å². The predicted octanol–water partition coefficient (Wildman–Crippen LogP) is 0.746. The number of ether oxygens (including phenoxy) is 1. The van der Waals surface area contributed by atoms with Gasteiger partial charge in [-0.25, -0.2) is 0 Å². The Kier molecular flexibility index (Phi) is 0.592. The molecule has 0 amide bonds. The van der Waals surface area contributed by atoms with E-state index in [-0.39, 0.29) is 0 Å². The first-order valence-electron chi connectivity index (χ1n) is 2.44. The summed E-state index contributed by atoms with van der Waals surface area (Å²) in [4.78, 5) is 3.81. The van der Waals surface area contributed by atoms with E-state index in [1.54, 1.807) is 12.5 Å². The second-order valence-corrected chi connectivity index (χ2v) is 1.74. The van der Waals surface area contributed by atoms with E-state index in [2.05, 4.69) is 11.2 Å². The van der Waals surface area contributed by atoms with Crippen LogP contribution >= 0.6 is 0 Å². The van der Waals surface area contributed by atoms with Gasteiger partial charge in [-0.2, -0.15) is 0 Å². The van der Waals surface area contributed by atoms with Crippen molar-refractivity contribution in [3.63, 3.8) is 0 Å². The first kappa shape index (κ1) is 3.89. The Hall–Kier alpha value is -1.05. The molecule has 8 heavy (non-hydrogen) atoms. The van der Waals surface area contributed by atoms with Crippen LogP contribution in [0, 0.1) is 0 Å². The van der Waals surface area contributed by atoms with Gasteiger partial charge in [-0.15, -0.1) is 0 Å². The highest BCUT2D eigenvalue weighted by Gasteiger charge is 2.13. The van der Waals surface area contributed by atoms with Gasteiger partial charge in [-0.3, -0.25) is 4.99 Å². The molecule has 2 nitrogen and oxygen atoms in total. The fourth-order valence-corrected chi connectivity index (χ4v) is 0.753. The molecule has 0 aromatic carbocycles. The van der Waals surface area contributed by atoms with Crippen LogP contribution in [0.25, 0.3) is 0 Å². The summed E-state index contributed by atoms with van der Waals surface area (Å²) < 4.78 is 4.96. The van der Waals surface area contributed by atoms with Gasteiger partial charge in [0.05, 0.1) is 6.26 Å². The lowest BCUT2D eigenvalue weighted by Gasteiger charge is -1.85. The summed E-state index contributed by atoms with van der Waals surface area (Å²) in [7, 11) is 0. The molecule has 0 aliphatic carbocycles. The van der Waals surface area contributed by atoms with Crippen molar-refractivity contribution in [1.29, 1.82) is 0 Å². The van der Waals surface area contributed by atoms with Crippen molar-refractivity contribution in [2.75, 3.05) is 6.61 Å². The zero-order valence-corrected chi connectivity index (χ0v) is 4.22. The summed E-state index contributed by atoms with van der Waals surface area (Å²) in [5.41, 5.74) is 2.15. The van der Waals surface area contributed by atoms with Crippen molar-refractivity contribution in [2.24, 2.45) is 4.99 Å². The number of aliphatic imine (C=N–C) groups is 1. The van der Waals surface area contributed by atoms with E-state index < -0.39 is 0 Å². The normalized spacial score (nSPS) is 22.0. The maximum atomic E-state index is 4.96. The molecule has 0 fully saturated rings. The van der Waals surface area contributed by atoms with Crippen LogP contribution in [0.15, 0.2) is 28.6 Å². The molecule has 2 aliphatic rings. The Balaban J connectivity index is 2.49. The van der Waals surface area contributed by atoms with Crippen molar-refractivity contribution >= 4 is 6.21 Å². The van der Waals surface area contributed by atoms with Crippen molar-refractivity contribution in [3.8, 4) is 0 Å². The van der Waals surface area contributed by atoms with Gasteiger partial charge < -0.3 is 4.74 Å². The Morgan fingerprint density at radius 2 is 2.75 bits per heavy atom. The van der Waals surface area contributed by atoms with E-state index in [1.807, 2.05) is 0 Å². The monoisotopic (exact) mass is 106 g/mol. The van der Waals surface area contributed by atoms with Crippen LogP contribution in [0.1, 0.15) is 0 Å². The quantitative estimate of drug-likeness (QED) is 0.446. The van der Waals surface area contributed by atoms with Crippen LogP contribution in [0.4, 0.5) is 0 Å². The predicted molar refractivity (Wildman–Crippen MR) is 29.6 cm³/mol. The van der Waals surface area contributed by atoms with Crippen molar-refractivity contribution in [3.05, 3.63) is 23.6 Å². The highest BCUT2D eigenvalue weighted by atomic mass is 16.5. The number of hydrogen-bond donors (Lipinski definition) is 0. The van der Waals surface area contributed by atoms with E-state index in [1.165, 1.54) is 0 Å². The third-order valence-electron chi connectivity index (χ3n) is 1.19. The molecule has 0 spiro atoms. The Morgan fingerprint density at radius 3 is 3.62 bits per heavy atom. The molecule has 0 aromatic rings. The van der Waals surface area contributed by atoms with Gasteiger partial charge in [0.2, 0.25) is 0 Å². The Bertz CT molecular complexity index is 201. The second-order valence-electron chi connectivity index (χ2n) is 1.74. The van der Waals surface area contributed by atoms with Crippen molar-refractivity contribution in [2.45, 2.75) is 0 Å². The molecular formula is C6H4NO. The molecule has 0 N–H and O–H groups in total. The number of hydrogen-bond acceptors (Lipinski definition) is 2. The molecule has 2 heteroatoms. The minimum absolute atomic E-state index is 0.672. The maximum absolute atomic E-state index is 4.96. The lowest BCUT2D eigenvalue weighted by molar-refractivity contribution is 0.301. The second kappa shape index (κ2) is 1.22. The molecule has 1 radical (unpaired) electrons. The third-order valence-corrected chi connectivity index (χ3v) is 1.19. The average Bonchev–Trinajstić information content (AvgIpc) is 2.15. The molecule has 0 atom stereocenters. The van der Waals surface area contributed by atoms with Gasteiger partial charge in [0, 0.05) is 17.3 Å². The summed E-state index contributed by atoms with van der Waals surface area (Å²) in [6, 6.07) is 0. The fraction of sp³-hybridized carbons (Fsp3) is 0.167. The van der Waals surface area contributed by atoms with Gasteiger partial charge in [0.25, 0.3) is 0 Å². The molecule has 2 rings (SSSR count). The maximum Gasteiger partial charge on any atom is 0.115 e. The lowest BCUT2D eigenvalue weighted by Crippen LogP contribution is -1.82. The summed E-state index contributed by atoms with van der Waals surface area (Å²) >= 11 is 0. The minimum atomic E-state index is 0.672. The van der Waals surface area contributed by atoms with Gasteiger partial charge >= 0.3 is 0 Å². The zero-order valence-electron chi connectivity index (χ0n) is 4.22. The molecule has 0 aromatic heterocycles. The summed E-state index contributed by atoms with van der Waals surface area (Å²) in [6.07, 6.45) is 6.25. The summed E-state index contributed by atoms with van der Waals surface area (Å²) in [5, 5.41) is 0. The van der Waals surface area contributed by atoms with Crippen LogP contribution in [-0.2, 0) is 4.74 Å². The minimum Gasteiger partial charge on any atom is -0.496 e. The smallest absolute Gasteiger partial charge is 0.115 e. The van der Waals surface area contributed by atoms with E-state index >= 15 is 0 Å². The number of rotatable bonds is 0. The number of nitrogens with zero attached hydrogens (tertiary/aromatic N) is 1. The topological polar surface area (TPSA) is 21.6 Å². The first-order chi connectivity index (χ1) is 3.97. The molecule has 2 aliphatic heterocycles. The van der Waals surface area contributed by atoms with Crippen LogP contribution < -0.4 is 0 Å². The Morgan fingerprint density at radius 1 is 1.75 bits per heavy atom. The Labute approximate surface area is 47.2 Å². The molecule has 0 saturated heterocycles. The average molecular weight is 106 g/mol. The molecule has 0 unspecified atom stereocenters. The molecular weight excluding hydrogens is 102 g/mol. The van der Waals surface area contributed by atoms with E-state index in [0.717, 1.165) is 11.1 Å². The van der Waals surface area contributed by atoms with E-state index in [0.29, 0.717) is 6.61 Å². The van der Waals surface area contributed by atoms with Gasteiger partial charge in [-0.05, 0) is 0 Å². The summed E-state index contributed by atoms with van der Waals surface area (Å²) in [5.74, 6) is 0. The van der Waals surface area contributed by atoms with Gasteiger partial charge in [-0.1, -0.05) is 0 Å². The molecule has 0 saturated carbocycles. The first-order valence-corrected chi connectivity index (χ1v) is 2.44. The molecule has 2 heterocycles.